The second kappa shape index (κ2) is 9.21. The van der Waals surface area contributed by atoms with Gasteiger partial charge in [-0.2, -0.15) is 0 Å². The van der Waals surface area contributed by atoms with Crippen molar-refractivity contribution in [3.8, 4) is 11.4 Å². The molecule has 0 aliphatic rings. The van der Waals surface area contributed by atoms with E-state index >= 15 is 0 Å². The van der Waals surface area contributed by atoms with E-state index in [1.165, 1.54) is 22.7 Å². The number of benzene rings is 2. The third-order valence-corrected chi connectivity index (χ3v) is 5.45. The molecular weight excluding hydrogens is 399 g/mol. The summed E-state index contributed by atoms with van der Waals surface area (Å²) in [5.74, 6) is 0.512. The van der Waals surface area contributed by atoms with Crippen LogP contribution < -0.4 is 0 Å². The van der Waals surface area contributed by atoms with Gasteiger partial charge in [0.25, 0.3) is 0 Å². The van der Waals surface area contributed by atoms with Crippen molar-refractivity contribution in [1.82, 2.24) is 19.7 Å². The zero-order valence-corrected chi connectivity index (χ0v) is 17.2. The molecule has 0 unspecified atom stereocenters. The first-order valence-electron chi connectivity index (χ1n) is 8.79. The second-order valence-electron chi connectivity index (χ2n) is 6.19. The molecule has 28 heavy (non-hydrogen) atoms. The topological polar surface area (TPSA) is 51.0 Å². The van der Waals surface area contributed by atoms with Crippen molar-refractivity contribution in [2.45, 2.75) is 25.2 Å². The van der Waals surface area contributed by atoms with Crippen LogP contribution in [-0.4, -0.2) is 38.4 Å². The third kappa shape index (κ3) is 4.72. The summed E-state index contributed by atoms with van der Waals surface area (Å²) in [5, 5.41) is 9.81. The summed E-state index contributed by atoms with van der Waals surface area (Å²) in [6.07, 6.45) is 0. The Balaban J connectivity index is 1.66. The highest BCUT2D eigenvalue weighted by Gasteiger charge is 2.17. The molecule has 1 heterocycles. The molecular formula is C20H20ClFN4OS. The highest BCUT2D eigenvalue weighted by Crippen LogP contribution is 2.25. The van der Waals surface area contributed by atoms with Crippen LogP contribution in [0.1, 0.15) is 12.5 Å². The van der Waals surface area contributed by atoms with Crippen molar-refractivity contribution < 1.29 is 9.18 Å². The summed E-state index contributed by atoms with van der Waals surface area (Å²) in [6, 6.07) is 13.8. The van der Waals surface area contributed by atoms with Crippen molar-refractivity contribution in [1.29, 1.82) is 0 Å². The zero-order chi connectivity index (χ0) is 20.1. The quantitative estimate of drug-likeness (QED) is 0.530. The smallest absolute Gasteiger partial charge is 0.233 e. The minimum atomic E-state index is -0.312. The Morgan fingerprint density at radius 2 is 1.89 bits per heavy atom. The number of hydrogen-bond donors (Lipinski definition) is 0. The fourth-order valence-electron chi connectivity index (χ4n) is 2.70. The number of hydrogen-bond acceptors (Lipinski definition) is 4. The Kier molecular flexibility index (Phi) is 6.70. The van der Waals surface area contributed by atoms with Gasteiger partial charge in [-0.1, -0.05) is 41.6 Å². The van der Waals surface area contributed by atoms with Crippen molar-refractivity contribution >= 4 is 29.3 Å². The summed E-state index contributed by atoms with van der Waals surface area (Å²) in [4.78, 5) is 14.0. The van der Waals surface area contributed by atoms with E-state index in [0.717, 1.165) is 11.4 Å². The predicted molar refractivity (Wildman–Crippen MR) is 110 cm³/mol. The third-order valence-electron chi connectivity index (χ3n) is 4.25. The monoisotopic (exact) mass is 418 g/mol. The van der Waals surface area contributed by atoms with Gasteiger partial charge in [0.15, 0.2) is 11.0 Å². The van der Waals surface area contributed by atoms with Gasteiger partial charge in [-0.25, -0.2) is 4.39 Å². The Labute approximate surface area is 172 Å². The van der Waals surface area contributed by atoms with E-state index in [1.807, 2.05) is 23.6 Å². The van der Waals surface area contributed by atoms with Crippen LogP contribution in [-0.2, 0) is 17.9 Å². The molecule has 8 heteroatoms. The Morgan fingerprint density at radius 1 is 1.18 bits per heavy atom. The summed E-state index contributed by atoms with van der Waals surface area (Å²) >= 11 is 7.27. The Morgan fingerprint density at radius 3 is 2.57 bits per heavy atom. The minimum absolute atomic E-state index is 0.105. The Hall–Kier alpha value is -2.38. The summed E-state index contributed by atoms with van der Waals surface area (Å²) < 4.78 is 15.7. The fraction of sp³-hybridized carbons (Fsp3) is 0.250. The van der Waals surface area contributed by atoms with E-state index in [0.29, 0.717) is 22.3 Å². The maximum Gasteiger partial charge on any atom is 0.233 e. The molecule has 1 aromatic heterocycles. The number of rotatable bonds is 7. The number of aromatic nitrogens is 3. The van der Waals surface area contributed by atoms with Crippen molar-refractivity contribution in [2.75, 3.05) is 12.8 Å². The van der Waals surface area contributed by atoms with E-state index < -0.39 is 0 Å². The van der Waals surface area contributed by atoms with Gasteiger partial charge in [-0.05, 0) is 37.3 Å². The molecule has 0 bridgehead atoms. The van der Waals surface area contributed by atoms with Gasteiger partial charge in [-0.3, -0.25) is 4.79 Å². The van der Waals surface area contributed by atoms with Gasteiger partial charge in [0.05, 0.1) is 5.75 Å². The van der Waals surface area contributed by atoms with Crippen LogP contribution in [0.5, 0.6) is 0 Å². The molecule has 0 atom stereocenters. The van der Waals surface area contributed by atoms with Crippen LogP contribution in [0.15, 0.2) is 53.7 Å². The van der Waals surface area contributed by atoms with Gasteiger partial charge in [-0.15, -0.1) is 10.2 Å². The first kappa shape index (κ1) is 20.4. The molecule has 5 nitrogen and oxygen atoms in total. The number of halogens is 2. The van der Waals surface area contributed by atoms with Gasteiger partial charge < -0.3 is 9.47 Å². The molecule has 0 spiro atoms. The van der Waals surface area contributed by atoms with Crippen molar-refractivity contribution in [2.24, 2.45) is 0 Å². The number of carbonyl (C=O) groups is 1. The SMILES string of the molecule is CCn1c(SCC(=O)N(C)Cc2ccccc2F)nnc1-c1ccc(Cl)cc1. The molecule has 0 fully saturated rings. The molecule has 0 aliphatic carbocycles. The van der Waals surface area contributed by atoms with Crippen LogP contribution in [0, 0.1) is 5.82 Å². The van der Waals surface area contributed by atoms with Crippen molar-refractivity contribution in [3.63, 3.8) is 0 Å². The predicted octanol–water partition coefficient (Wildman–Crippen LogP) is 4.51. The number of thioether (sulfide) groups is 1. The van der Waals surface area contributed by atoms with Crippen LogP contribution in [0.25, 0.3) is 11.4 Å². The average molecular weight is 419 g/mol. The molecule has 3 aromatic rings. The van der Waals surface area contributed by atoms with Gasteiger partial charge in [0, 0.05) is 36.3 Å². The van der Waals surface area contributed by atoms with Crippen LogP contribution in [0.2, 0.25) is 5.02 Å². The second-order valence-corrected chi connectivity index (χ2v) is 7.57. The molecule has 0 saturated heterocycles. The standard InChI is InChI=1S/C20H20ClFN4OS/c1-3-26-19(14-8-10-16(21)11-9-14)23-24-20(26)28-13-18(27)25(2)12-15-6-4-5-7-17(15)22/h4-11H,3,12-13H2,1-2H3. The molecule has 2 aromatic carbocycles. The van der Waals surface area contributed by atoms with E-state index in [2.05, 4.69) is 10.2 Å². The van der Waals surface area contributed by atoms with Gasteiger partial charge >= 0.3 is 0 Å². The van der Waals surface area contributed by atoms with Crippen LogP contribution in [0.3, 0.4) is 0 Å². The first-order chi connectivity index (χ1) is 13.5. The number of nitrogens with zero attached hydrogens (tertiary/aromatic N) is 4. The summed E-state index contributed by atoms with van der Waals surface area (Å²) in [6.45, 7) is 2.90. The lowest BCUT2D eigenvalue weighted by atomic mass is 10.2. The average Bonchev–Trinajstić information content (AvgIpc) is 3.11. The molecule has 0 aliphatic heterocycles. The molecule has 3 rings (SSSR count). The molecule has 0 N–H and O–H groups in total. The normalized spacial score (nSPS) is 10.9. The van der Waals surface area contributed by atoms with E-state index in [4.69, 9.17) is 11.6 Å². The van der Waals surface area contributed by atoms with Gasteiger partial charge in [0.2, 0.25) is 5.91 Å². The van der Waals surface area contributed by atoms with E-state index in [1.54, 1.807) is 37.4 Å². The zero-order valence-electron chi connectivity index (χ0n) is 15.6. The first-order valence-corrected chi connectivity index (χ1v) is 10.1. The van der Waals surface area contributed by atoms with E-state index in [9.17, 15) is 9.18 Å². The number of amides is 1. The lowest BCUT2D eigenvalue weighted by molar-refractivity contribution is -0.127. The maximum absolute atomic E-state index is 13.8. The molecule has 1 amide bonds. The lowest BCUT2D eigenvalue weighted by Crippen LogP contribution is -2.28. The summed E-state index contributed by atoms with van der Waals surface area (Å²) in [5.41, 5.74) is 1.40. The summed E-state index contributed by atoms with van der Waals surface area (Å²) in [7, 11) is 1.67. The van der Waals surface area contributed by atoms with Gasteiger partial charge in [0.1, 0.15) is 5.82 Å². The lowest BCUT2D eigenvalue weighted by Gasteiger charge is -2.17. The van der Waals surface area contributed by atoms with E-state index in [-0.39, 0.29) is 24.0 Å². The largest absolute Gasteiger partial charge is 0.341 e. The van der Waals surface area contributed by atoms with Crippen molar-refractivity contribution in [3.05, 3.63) is 64.9 Å². The minimum Gasteiger partial charge on any atom is -0.341 e. The Bertz CT molecular complexity index is 961. The number of carbonyl (C=O) groups excluding carboxylic acids is 1. The highest BCUT2D eigenvalue weighted by molar-refractivity contribution is 7.99. The highest BCUT2D eigenvalue weighted by atomic mass is 35.5. The molecule has 0 saturated carbocycles. The maximum atomic E-state index is 13.8. The fourth-order valence-corrected chi connectivity index (χ4v) is 3.77. The van der Waals surface area contributed by atoms with Crippen LogP contribution >= 0.6 is 23.4 Å². The molecule has 0 radical (unpaired) electrons. The van der Waals surface area contributed by atoms with Crippen LogP contribution in [0.4, 0.5) is 4.39 Å². The molecule has 146 valence electrons.